The molecule has 0 unspecified atom stereocenters. The summed E-state index contributed by atoms with van der Waals surface area (Å²) in [6.07, 6.45) is 0.869. The topological polar surface area (TPSA) is 58.6 Å². The Morgan fingerprint density at radius 3 is 2.68 bits per heavy atom. The molecular weight excluding hydrogens is 330 g/mol. The number of hydrogen-bond donors (Lipinski definition) is 2. The van der Waals surface area contributed by atoms with E-state index in [0.717, 1.165) is 16.5 Å². The number of carbonyl (C=O) groups is 1. The molecule has 1 aromatic carbocycles. The van der Waals surface area contributed by atoms with Crippen LogP contribution < -0.4 is 5.32 Å². The van der Waals surface area contributed by atoms with Crippen LogP contribution in [0.1, 0.15) is 29.3 Å². The molecule has 0 aliphatic heterocycles. The molecule has 1 atom stereocenters. The van der Waals surface area contributed by atoms with Crippen molar-refractivity contribution in [1.82, 2.24) is 5.32 Å². The Morgan fingerprint density at radius 2 is 2.21 bits per heavy atom. The highest BCUT2D eigenvalue weighted by Gasteiger charge is 2.09. The fraction of sp³-hybridized carbons (Fsp3) is 0.462. The summed E-state index contributed by atoms with van der Waals surface area (Å²) < 4.78 is 5.51. The Kier molecular flexibility index (Phi) is 9.08. The van der Waals surface area contributed by atoms with Crippen LogP contribution in [0, 0.1) is 0 Å². The normalized spacial score (nSPS) is 11.6. The van der Waals surface area contributed by atoms with Crippen LogP contribution in [0.5, 0.6) is 0 Å². The molecule has 0 spiro atoms. The number of halogens is 1. The molecule has 19 heavy (non-hydrogen) atoms. The van der Waals surface area contributed by atoms with E-state index in [1.807, 2.05) is 13.0 Å². The van der Waals surface area contributed by atoms with Crippen molar-refractivity contribution < 1.29 is 14.6 Å². The molecule has 0 aliphatic rings. The van der Waals surface area contributed by atoms with Crippen molar-refractivity contribution in [2.24, 2.45) is 0 Å². The van der Waals surface area contributed by atoms with E-state index < -0.39 is 0 Å². The average molecular weight is 350 g/mol. The molecule has 0 bridgehead atoms. The van der Waals surface area contributed by atoms with Gasteiger partial charge in [-0.1, -0.05) is 28.9 Å². The number of methoxy groups -OCH3 is 1. The van der Waals surface area contributed by atoms with Gasteiger partial charge >= 0.3 is 5.97 Å². The van der Waals surface area contributed by atoms with Crippen molar-refractivity contribution in [1.29, 1.82) is 0 Å². The second-order valence-electron chi connectivity index (χ2n) is 3.97. The quantitative estimate of drug-likeness (QED) is 0.773. The van der Waals surface area contributed by atoms with E-state index in [0.29, 0.717) is 12.1 Å². The highest BCUT2D eigenvalue weighted by molar-refractivity contribution is 9.10. The lowest BCUT2D eigenvalue weighted by Gasteiger charge is -2.15. The van der Waals surface area contributed by atoms with Crippen molar-refractivity contribution in [2.45, 2.75) is 25.9 Å². The van der Waals surface area contributed by atoms with Crippen LogP contribution in [0.25, 0.3) is 0 Å². The van der Waals surface area contributed by atoms with Crippen LogP contribution in [0.15, 0.2) is 22.7 Å². The van der Waals surface area contributed by atoms with Crippen LogP contribution in [0.4, 0.5) is 0 Å². The maximum atomic E-state index is 11.3. The van der Waals surface area contributed by atoms with Gasteiger partial charge in [0.15, 0.2) is 0 Å². The molecule has 0 saturated heterocycles. The second kappa shape index (κ2) is 9.36. The van der Waals surface area contributed by atoms with Crippen molar-refractivity contribution in [2.75, 3.05) is 13.7 Å². The van der Waals surface area contributed by atoms with Gasteiger partial charge in [0.05, 0.1) is 19.3 Å². The van der Waals surface area contributed by atoms with E-state index in [2.05, 4.69) is 26.0 Å². The number of esters is 1. The van der Waals surface area contributed by atoms with Gasteiger partial charge in [-0.15, -0.1) is 0 Å². The predicted octanol–water partition coefficient (Wildman–Crippen LogP) is 2.21. The van der Waals surface area contributed by atoms with E-state index >= 15 is 0 Å². The van der Waals surface area contributed by atoms with Gasteiger partial charge in [-0.05, 0) is 24.1 Å². The number of aliphatic hydroxyl groups excluding tert-OH is 1. The van der Waals surface area contributed by atoms with E-state index in [1.165, 1.54) is 7.11 Å². The van der Waals surface area contributed by atoms with Crippen LogP contribution >= 0.6 is 29.4 Å². The zero-order valence-electron chi connectivity index (χ0n) is 11.1. The maximum absolute atomic E-state index is 11.3. The molecule has 0 amide bonds. The van der Waals surface area contributed by atoms with Crippen LogP contribution in [-0.2, 0) is 11.3 Å². The maximum Gasteiger partial charge on any atom is 0.337 e. The number of ether oxygens (including phenoxy) is 1. The van der Waals surface area contributed by atoms with E-state index in [4.69, 9.17) is 5.11 Å². The third-order valence-corrected chi connectivity index (χ3v) is 3.51. The summed E-state index contributed by atoms with van der Waals surface area (Å²) in [4.78, 5) is 11.3. The third kappa shape index (κ3) is 5.52. The van der Waals surface area contributed by atoms with Crippen LogP contribution in [0.3, 0.4) is 0 Å². The lowest BCUT2D eigenvalue weighted by Crippen LogP contribution is -2.31. The third-order valence-electron chi connectivity index (χ3n) is 2.77. The molecule has 4 nitrogen and oxygen atoms in total. The standard InChI is InChI=1S/C13H18BrNO3.H2S/c1-3-11(8-16)15-7-10-5-4-9(6-12(10)14)13(17)18-2;/h4-6,11,15-16H,3,7-8H2,1-2H3;1H2/t11-;/m0./s1. The molecule has 2 N–H and O–H groups in total. The molecule has 0 radical (unpaired) electrons. The van der Waals surface area contributed by atoms with Crippen molar-refractivity contribution in [3.63, 3.8) is 0 Å². The number of aliphatic hydroxyl groups is 1. The van der Waals surface area contributed by atoms with Crippen molar-refractivity contribution in [3.8, 4) is 0 Å². The number of hydrogen-bond acceptors (Lipinski definition) is 4. The molecule has 1 aromatic rings. The minimum atomic E-state index is -0.350. The fourth-order valence-corrected chi connectivity index (χ4v) is 2.05. The summed E-state index contributed by atoms with van der Waals surface area (Å²) in [6.45, 7) is 2.78. The Morgan fingerprint density at radius 1 is 1.53 bits per heavy atom. The molecule has 0 fully saturated rings. The predicted molar refractivity (Wildman–Crippen MR) is 83.9 cm³/mol. The summed E-state index contributed by atoms with van der Waals surface area (Å²) in [6, 6.07) is 5.43. The molecular formula is C13H20BrNO3S. The van der Waals surface area contributed by atoms with E-state index in [-0.39, 0.29) is 32.1 Å². The van der Waals surface area contributed by atoms with Crippen molar-refractivity contribution in [3.05, 3.63) is 33.8 Å². The summed E-state index contributed by atoms with van der Waals surface area (Å²) >= 11 is 3.43. The molecule has 6 heteroatoms. The monoisotopic (exact) mass is 349 g/mol. The van der Waals surface area contributed by atoms with Gasteiger partial charge in [0.2, 0.25) is 0 Å². The van der Waals surface area contributed by atoms with Crippen LogP contribution in [0.2, 0.25) is 0 Å². The number of carbonyl (C=O) groups excluding carboxylic acids is 1. The van der Waals surface area contributed by atoms with Gasteiger partial charge in [-0.3, -0.25) is 0 Å². The first-order valence-electron chi connectivity index (χ1n) is 5.83. The van der Waals surface area contributed by atoms with E-state index in [1.54, 1.807) is 12.1 Å². The van der Waals surface area contributed by atoms with Crippen molar-refractivity contribution >= 4 is 35.4 Å². The molecule has 0 saturated carbocycles. The smallest absolute Gasteiger partial charge is 0.337 e. The first kappa shape index (κ1) is 18.4. The van der Waals surface area contributed by atoms with E-state index in [9.17, 15) is 4.79 Å². The Bertz CT molecular complexity index is 411. The SMILES string of the molecule is CC[C@@H](CO)NCc1ccc(C(=O)OC)cc1Br.S. The summed E-state index contributed by atoms with van der Waals surface area (Å²) in [5.74, 6) is -0.350. The highest BCUT2D eigenvalue weighted by atomic mass is 79.9. The van der Waals surface area contributed by atoms with Gasteiger partial charge in [0.25, 0.3) is 0 Å². The lowest BCUT2D eigenvalue weighted by molar-refractivity contribution is 0.0600. The first-order valence-corrected chi connectivity index (χ1v) is 6.62. The van der Waals surface area contributed by atoms with Gasteiger partial charge in [0.1, 0.15) is 0 Å². The molecule has 0 aliphatic carbocycles. The highest BCUT2D eigenvalue weighted by Crippen LogP contribution is 2.19. The Hall–Kier alpha value is -0.560. The van der Waals surface area contributed by atoms with Crippen LogP contribution in [-0.4, -0.2) is 30.8 Å². The van der Waals surface area contributed by atoms with Gasteiger partial charge in [0, 0.05) is 17.1 Å². The Balaban J connectivity index is 0.00000324. The molecule has 0 aromatic heterocycles. The van der Waals surface area contributed by atoms with Gasteiger partial charge < -0.3 is 15.2 Å². The largest absolute Gasteiger partial charge is 0.465 e. The zero-order chi connectivity index (χ0) is 13.5. The number of rotatable bonds is 6. The fourth-order valence-electron chi connectivity index (χ4n) is 1.53. The molecule has 108 valence electrons. The number of benzene rings is 1. The van der Waals surface area contributed by atoms with Gasteiger partial charge in [-0.25, -0.2) is 4.79 Å². The average Bonchev–Trinajstić information content (AvgIpc) is 2.40. The summed E-state index contributed by atoms with van der Waals surface area (Å²) in [5.41, 5.74) is 1.55. The Labute approximate surface area is 129 Å². The number of nitrogens with one attached hydrogen (secondary N) is 1. The summed E-state index contributed by atoms with van der Waals surface area (Å²) in [7, 11) is 1.36. The first-order chi connectivity index (χ1) is 8.62. The zero-order valence-corrected chi connectivity index (χ0v) is 13.7. The van der Waals surface area contributed by atoms with Gasteiger partial charge in [-0.2, -0.15) is 13.5 Å². The minimum absolute atomic E-state index is 0. The summed E-state index contributed by atoms with van der Waals surface area (Å²) in [5, 5.41) is 12.3. The molecule has 1 rings (SSSR count). The molecule has 0 heterocycles. The lowest BCUT2D eigenvalue weighted by atomic mass is 10.1. The minimum Gasteiger partial charge on any atom is -0.465 e. The second-order valence-corrected chi connectivity index (χ2v) is 4.82.